The van der Waals surface area contributed by atoms with Crippen molar-refractivity contribution >= 4 is 5.97 Å². The smallest absolute Gasteiger partial charge is 0.323 e. The minimum Gasteiger partial charge on any atom is -0.464 e. The van der Waals surface area contributed by atoms with Crippen molar-refractivity contribution in [2.45, 2.75) is 44.2 Å². The highest BCUT2D eigenvalue weighted by atomic mass is 16.5. The van der Waals surface area contributed by atoms with Crippen molar-refractivity contribution in [1.82, 2.24) is 4.90 Å². The summed E-state index contributed by atoms with van der Waals surface area (Å²) in [7, 11) is 0. The highest BCUT2D eigenvalue weighted by molar-refractivity contribution is 5.77. The van der Waals surface area contributed by atoms with Crippen LogP contribution in [0, 0.1) is 0 Å². The van der Waals surface area contributed by atoms with Crippen molar-refractivity contribution in [3.05, 3.63) is 0 Å². The third kappa shape index (κ3) is 2.32. The lowest BCUT2D eigenvalue weighted by atomic mass is 9.97. The molecule has 2 heterocycles. The van der Waals surface area contributed by atoms with Gasteiger partial charge in [-0.15, -0.1) is 0 Å². The van der Waals surface area contributed by atoms with Crippen LogP contribution in [0.4, 0.5) is 0 Å². The minimum atomic E-state index is -0.0288. The molecule has 4 nitrogen and oxygen atoms in total. The van der Waals surface area contributed by atoms with Crippen LogP contribution in [0.15, 0.2) is 0 Å². The predicted molar refractivity (Wildman–Crippen MR) is 57.4 cm³/mol. The minimum absolute atomic E-state index is 0.0156. The Bertz CT molecular complexity index is 231. The summed E-state index contributed by atoms with van der Waals surface area (Å²) in [5, 5.41) is 0. The molecule has 0 amide bonds. The molecule has 2 aliphatic rings. The van der Waals surface area contributed by atoms with E-state index in [-0.39, 0.29) is 12.0 Å². The molecule has 2 fully saturated rings. The number of nitrogens with two attached hydrogens (primary N) is 1. The number of rotatable bonds is 3. The van der Waals surface area contributed by atoms with E-state index in [0.717, 1.165) is 19.4 Å². The van der Waals surface area contributed by atoms with Gasteiger partial charge in [0.05, 0.1) is 6.61 Å². The Morgan fingerprint density at radius 3 is 2.93 bits per heavy atom. The maximum absolute atomic E-state index is 11.5. The van der Waals surface area contributed by atoms with Gasteiger partial charge in [-0.05, 0) is 32.4 Å². The summed E-state index contributed by atoms with van der Waals surface area (Å²) in [6, 6.07) is 0.515. The first-order valence-corrected chi connectivity index (χ1v) is 5.95. The highest BCUT2D eigenvalue weighted by Gasteiger charge is 2.36. The van der Waals surface area contributed by atoms with Crippen molar-refractivity contribution in [3.63, 3.8) is 0 Å². The molecule has 86 valence electrons. The molecule has 2 unspecified atom stereocenters. The molecule has 2 atom stereocenters. The highest BCUT2D eigenvalue weighted by Crippen LogP contribution is 2.25. The van der Waals surface area contributed by atoms with Gasteiger partial charge in [0, 0.05) is 12.5 Å². The van der Waals surface area contributed by atoms with E-state index in [1.54, 1.807) is 0 Å². The number of cyclic esters (lactones) is 1. The van der Waals surface area contributed by atoms with Gasteiger partial charge in [0.15, 0.2) is 0 Å². The number of nitrogens with zero attached hydrogens (tertiary/aromatic N) is 1. The van der Waals surface area contributed by atoms with Gasteiger partial charge in [-0.25, -0.2) is 0 Å². The number of carbonyl (C=O) groups is 1. The molecule has 0 bridgehead atoms. The molecule has 0 aromatic carbocycles. The monoisotopic (exact) mass is 212 g/mol. The van der Waals surface area contributed by atoms with Crippen molar-refractivity contribution in [2.24, 2.45) is 5.73 Å². The predicted octanol–water partition coefficient (Wildman–Crippen LogP) is 0.505. The molecular formula is C11H20N2O2. The number of carbonyl (C=O) groups excluding carboxylic acids is 1. The van der Waals surface area contributed by atoms with E-state index in [1.807, 2.05) is 0 Å². The van der Waals surface area contributed by atoms with Gasteiger partial charge in [0.25, 0.3) is 0 Å². The normalized spacial score (nSPS) is 33.0. The van der Waals surface area contributed by atoms with E-state index in [4.69, 9.17) is 10.5 Å². The number of piperidine rings is 1. The molecule has 0 saturated carbocycles. The molecule has 2 saturated heterocycles. The first-order chi connectivity index (χ1) is 7.33. The van der Waals surface area contributed by atoms with Gasteiger partial charge in [-0.1, -0.05) is 6.42 Å². The molecule has 2 rings (SSSR count). The van der Waals surface area contributed by atoms with Crippen molar-refractivity contribution in [1.29, 1.82) is 0 Å². The van der Waals surface area contributed by atoms with Crippen LogP contribution >= 0.6 is 0 Å². The number of ether oxygens (including phenoxy) is 1. The molecule has 0 radical (unpaired) electrons. The molecular weight excluding hydrogens is 192 g/mol. The fourth-order valence-corrected chi connectivity index (χ4v) is 2.72. The first kappa shape index (κ1) is 10.9. The van der Waals surface area contributed by atoms with Crippen LogP contribution in [0.5, 0.6) is 0 Å². The van der Waals surface area contributed by atoms with Crippen molar-refractivity contribution < 1.29 is 9.53 Å². The second kappa shape index (κ2) is 4.94. The van der Waals surface area contributed by atoms with Crippen LogP contribution in [0.25, 0.3) is 0 Å². The Morgan fingerprint density at radius 2 is 2.27 bits per heavy atom. The van der Waals surface area contributed by atoms with Crippen LogP contribution in [0.2, 0.25) is 0 Å². The fourth-order valence-electron chi connectivity index (χ4n) is 2.72. The van der Waals surface area contributed by atoms with Crippen LogP contribution in [-0.4, -0.2) is 42.6 Å². The van der Waals surface area contributed by atoms with Gasteiger partial charge in [0.2, 0.25) is 0 Å². The van der Waals surface area contributed by atoms with Crippen LogP contribution < -0.4 is 5.73 Å². The molecule has 0 aromatic rings. The lowest BCUT2D eigenvalue weighted by molar-refractivity contribution is -0.143. The van der Waals surface area contributed by atoms with Crippen LogP contribution in [0.3, 0.4) is 0 Å². The summed E-state index contributed by atoms with van der Waals surface area (Å²) >= 11 is 0. The largest absolute Gasteiger partial charge is 0.464 e. The van der Waals surface area contributed by atoms with Gasteiger partial charge in [0.1, 0.15) is 6.04 Å². The number of hydrogen-bond donors (Lipinski definition) is 1. The van der Waals surface area contributed by atoms with Crippen LogP contribution in [0.1, 0.15) is 32.1 Å². The van der Waals surface area contributed by atoms with E-state index < -0.39 is 0 Å². The zero-order chi connectivity index (χ0) is 10.7. The lowest BCUT2D eigenvalue weighted by Crippen LogP contribution is -2.48. The summed E-state index contributed by atoms with van der Waals surface area (Å²) in [5.41, 5.74) is 5.61. The molecule has 2 N–H and O–H groups in total. The average Bonchev–Trinajstić information content (AvgIpc) is 2.66. The number of hydrogen-bond acceptors (Lipinski definition) is 4. The quantitative estimate of drug-likeness (QED) is 0.692. The van der Waals surface area contributed by atoms with Gasteiger partial charge in [-0.3, -0.25) is 9.69 Å². The Balaban J connectivity index is 2.00. The molecule has 2 aliphatic heterocycles. The Labute approximate surface area is 90.8 Å². The maximum atomic E-state index is 11.5. The maximum Gasteiger partial charge on any atom is 0.323 e. The topological polar surface area (TPSA) is 55.6 Å². The summed E-state index contributed by atoms with van der Waals surface area (Å²) in [4.78, 5) is 13.9. The van der Waals surface area contributed by atoms with Gasteiger partial charge >= 0.3 is 5.97 Å². The van der Waals surface area contributed by atoms with Gasteiger partial charge < -0.3 is 10.5 Å². The van der Waals surface area contributed by atoms with E-state index in [0.29, 0.717) is 19.2 Å². The fraction of sp³-hybridized carbons (Fsp3) is 0.909. The Kier molecular flexibility index (Phi) is 3.59. The zero-order valence-corrected chi connectivity index (χ0v) is 9.15. The zero-order valence-electron chi connectivity index (χ0n) is 9.15. The summed E-state index contributed by atoms with van der Waals surface area (Å²) in [5.74, 6) is -0.0288. The van der Waals surface area contributed by atoms with Crippen LogP contribution in [-0.2, 0) is 9.53 Å². The molecule has 15 heavy (non-hydrogen) atoms. The van der Waals surface area contributed by atoms with E-state index in [1.165, 1.54) is 19.3 Å². The molecule has 0 aromatic heterocycles. The van der Waals surface area contributed by atoms with E-state index in [2.05, 4.69) is 4.90 Å². The van der Waals surface area contributed by atoms with E-state index in [9.17, 15) is 4.79 Å². The Hall–Kier alpha value is -0.610. The standard InChI is InChI=1S/C11H20N2O2/c12-6-4-9-3-1-2-7-13(9)10-5-8-15-11(10)14/h9-10H,1-8,12H2. The average molecular weight is 212 g/mol. The molecule has 4 heteroatoms. The second-order valence-electron chi connectivity index (χ2n) is 4.44. The first-order valence-electron chi connectivity index (χ1n) is 5.95. The third-order valence-electron chi connectivity index (χ3n) is 3.48. The van der Waals surface area contributed by atoms with Crippen molar-refractivity contribution in [2.75, 3.05) is 19.7 Å². The van der Waals surface area contributed by atoms with Crippen molar-refractivity contribution in [3.8, 4) is 0 Å². The SMILES string of the molecule is NCCC1CCCCN1C1CCOC1=O. The third-order valence-corrected chi connectivity index (χ3v) is 3.48. The molecule has 0 spiro atoms. The summed E-state index contributed by atoms with van der Waals surface area (Å²) in [6.07, 6.45) is 5.51. The molecule has 0 aliphatic carbocycles. The number of likely N-dealkylation sites (tertiary alicyclic amines) is 1. The van der Waals surface area contributed by atoms with E-state index >= 15 is 0 Å². The second-order valence-corrected chi connectivity index (χ2v) is 4.44. The lowest BCUT2D eigenvalue weighted by Gasteiger charge is -2.38. The summed E-state index contributed by atoms with van der Waals surface area (Å²) < 4.78 is 5.03. The Morgan fingerprint density at radius 1 is 1.40 bits per heavy atom. The van der Waals surface area contributed by atoms with Gasteiger partial charge in [-0.2, -0.15) is 0 Å². The number of esters is 1. The summed E-state index contributed by atoms with van der Waals surface area (Å²) in [6.45, 7) is 2.34.